The average molecular weight is 395 g/mol. The van der Waals surface area contributed by atoms with Crippen molar-refractivity contribution >= 4 is 33.2 Å². The van der Waals surface area contributed by atoms with E-state index < -0.39 is 10.0 Å². The van der Waals surface area contributed by atoms with E-state index in [1.54, 1.807) is 4.90 Å². The van der Waals surface area contributed by atoms with Crippen molar-refractivity contribution in [3.63, 3.8) is 0 Å². The second-order valence-corrected chi connectivity index (χ2v) is 8.41. The molecule has 1 aliphatic rings. The maximum atomic E-state index is 13.1. The number of carbonyl (C=O) groups is 1. The lowest BCUT2D eigenvalue weighted by atomic mass is 10.1. The Morgan fingerprint density at radius 1 is 1.27 bits per heavy atom. The fraction of sp³-hybridized carbons (Fsp3) is 0.278. The maximum Gasteiger partial charge on any atom is 0.266 e. The van der Waals surface area contributed by atoms with Crippen molar-refractivity contribution in [2.24, 2.45) is 0 Å². The average Bonchev–Trinajstić information content (AvgIpc) is 2.96. The number of halogens is 1. The van der Waals surface area contributed by atoms with Crippen molar-refractivity contribution in [1.29, 1.82) is 0 Å². The number of sulfonamides is 1. The Morgan fingerprint density at radius 3 is 2.65 bits per heavy atom. The largest absolute Gasteiger partial charge is 0.305 e. The number of hydrogen-bond acceptors (Lipinski definition) is 4. The third-order valence-electron chi connectivity index (χ3n) is 4.48. The molecular formula is C18H19ClN2O4S. The van der Waals surface area contributed by atoms with Gasteiger partial charge in [-0.25, -0.2) is 8.42 Å². The first kappa shape index (κ1) is 18.8. The SMILES string of the molecule is CON(C)S(=O)(=O)c1cc(C(=O)N2c3ccccc3CC2C)ccc1Cl. The normalized spacial score (nSPS) is 16.8. The van der Waals surface area contributed by atoms with Crippen LogP contribution in [0.25, 0.3) is 0 Å². The monoisotopic (exact) mass is 394 g/mol. The van der Waals surface area contributed by atoms with Gasteiger partial charge in [-0.05, 0) is 43.2 Å². The predicted octanol–water partition coefficient (Wildman–Crippen LogP) is 3.11. The molecule has 6 nitrogen and oxygen atoms in total. The zero-order valence-electron chi connectivity index (χ0n) is 14.6. The van der Waals surface area contributed by atoms with Crippen LogP contribution in [0.3, 0.4) is 0 Å². The first-order valence-corrected chi connectivity index (χ1v) is 9.83. The lowest BCUT2D eigenvalue weighted by Crippen LogP contribution is -2.36. The highest BCUT2D eigenvalue weighted by Gasteiger charge is 2.32. The zero-order valence-corrected chi connectivity index (χ0v) is 16.2. The van der Waals surface area contributed by atoms with Crippen LogP contribution in [0.5, 0.6) is 0 Å². The fourth-order valence-electron chi connectivity index (χ4n) is 3.08. The highest BCUT2D eigenvalue weighted by Crippen LogP contribution is 2.34. The number of fused-ring (bicyclic) bond motifs is 1. The molecule has 1 heterocycles. The van der Waals surface area contributed by atoms with Gasteiger partial charge in [0, 0.05) is 24.3 Å². The molecule has 0 N–H and O–H groups in total. The van der Waals surface area contributed by atoms with E-state index in [9.17, 15) is 13.2 Å². The van der Waals surface area contributed by atoms with Crippen LogP contribution in [-0.4, -0.2) is 39.0 Å². The number of amides is 1. The van der Waals surface area contributed by atoms with E-state index in [0.717, 1.165) is 17.7 Å². The summed E-state index contributed by atoms with van der Waals surface area (Å²) in [7, 11) is -1.46. The first-order valence-electron chi connectivity index (χ1n) is 8.01. The van der Waals surface area contributed by atoms with Crippen molar-refractivity contribution in [2.75, 3.05) is 19.1 Å². The van der Waals surface area contributed by atoms with E-state index in [-0.39, 0.29) is 27.4 Å². The summed E-state index contributed by atoms with van der Waals surface area (Å²) >= 11 is 6.07. The summed E-state index contributed by atoms with van der Waals surface area (Å²) in [5.74, 6) is -0.268. The van der Waals surface area contributed by atoms with Gasteiger partial charge in [0.15, 0.2) is 0 Å². The van der Waals surface area contributed by atoms with Gasteiger partial charge < -0.3 is 4.90 Å². The smallest absolute Gasteiger partial charge is 0.266 e. The lowest BCUT2D eigenvalue weighted by molar-refractivity contribution is -0.0258. The van der Waals surface area contributed by atoms with Crippen molar-refractivity contribution in [3.8, 4) is 0 Å². The van der Waals surface area contributed by atoms with Gasteiger partial charge in [-0.1, -0.05) is 34.3 Å². The van der Waals surface area contributed by atoms with E-state index >= 15 is 0 Å². The summed E-state index contributed by atoms with van der Waals surface area (Å²) in [5.41, 5.74) is 2.19. The molecule has 8 heteroatoms. The van der Waals surface area contributed by atoms with Gasteiger partial charge >= 0.3 is 0 Å². The van der Waals surface area contributed by atoms with Gasteiger partial charge in [-0.2, -0.15) is 0 Å². The summed E-state index contributed by atoms with van der Waals surface area (Å²) in [6.07, 6.45) is 0.757. The van der Waals surface area contributed by atoms with Crippen LogP contribution in [0.2, 0.25) is 5.02 Å². The quantitative estimate of drug-likeness (QED) is 0.747. The molecule has 0 bridgehead atoms. The Labute approximate surface area is 157 Å². The second kappa shape index (κ2) is 7.00. The second-order valence-electron chi connectivity index (χ2n) is 6.10. The molecule has 0 saturated heterocycles. The topological polar surface area (TPSA) is 66.9 Å². The number of nitrogens with zero attached hydrogens (tertiary/aromatic N) is 2. The van der Waals surface area contributed by atoms with E-state index in [1.807, 2.05) is 31.2 Å². The number of hydroxylamine groups is 1. The molecule has 1 amide bonds. The Morgan fingerprint density at radius 2 is 1.96 bits per heavy atom. The van der Waals surface area contributed by atoms with Crippen molar-refractivity contribution < 1.29 is 18.0 Å². The summed E-state index contributed by atoms with van der Waals surface area (Å²) < 4.78 is 25.8. The number of carbonyl (C=O) groups excluding carboxylic acids is 1. The molecule has 1 unspecified atom stereocenters. The number of anilines is 1. The van der Waals surface area contributed by atoms with Crippen molar-refractivity contribution in [2.45, 2.75) is 24.3 Å². The molecule has 1 aliphatic heterocycles. The minimum absolute atomic E-state index is 0.0164. The fourth-order valence-corrected chi connectivity index (χ4v) is 4.56. The number of hydrogen-bond donors (Lipinski definition) is 0. The molecule has 1 atom stereocenters. The Hall–Kier alpha value is -1.93. The van der Waals surface area contributed by atoms with E-state index in [4.69, 9.17) is 16.4 Å². The third kappa shape index (κ3) is 3.12. The number of rotatable bonds is 4. The Kier molecular flexibility index (Phi) is 5.07. The third-order valence-corrected chi connectivity index (χ3v) is 6.64. The van der Waals surface area contributed by atoms with Crippen LogP contribution in [0, 0.1) is 0 Å². The first-order chi connectivity index (χ1) is 12.3. The number of benzene rings is 2. The van der Waals surface area contributed by atoms with E-state index in [0.29, 0.717) is 4.47 Å². The van der Waals surface area contributed by atoms with Gasteiger partial charge in [0.25, 0.3) is 15.9 Å². The molecule has 0 fully saturated rings. The van der Waals surface area contributed by atoms with Gasteiger partial charge in [0.1, 0.15) is 4.90 Å². The Balaban J connectivity index is 2.04. The van der Waals surface area contributed by atoms with Crippen molar-refractivity contribution in [3.05, 3.63) is 58.6 Å². The van der Waals surface area contributed by atoms with Crippen LogP contribution in [0.15, 0.2) is 47.4 Å². The predicted molar refractivity (Wildman–Crippen MR) is 99.8 cm³/mol. The highest BCUT2D eigenvalue weighted by molar-refractivity contribution is 7.89. The standard InChI is InChI=1S/C18H19ClN2O4S/c1-12-10-13-6-4-5-7-16(13)21(12)18(22)14-8-9-15(19)17(11-14)26(23,24)20(2)25-3/h4-9,11-12H,10H2,1-3H3. The maximum absolute atomic E-state index is 13.1. The van der Waals surface area contributed by atoms with Crippen LogP contribution in [-0.2, 0) is 21.3 Å². The van der Waals surface area contributed by atoms with Gasteiger partial charge in [0.05, 0.1) is 12.1 Å². The molecule has 138 valence electrons. The molecule has 0 radical (unpaired) electrons. The van der Waals surface area contributed by atoms with Gasteiger partial charge in [-0.15, -0.1) is 0 Å². The molecule has 26 heavy (non-hydrogen) atoms. The minimum atomic E-state index is -3.96. The molecule has 0 saturated carbocycles. The molecule has 0 aliphatic carbocycles. The number of para-hydroxylation sites is 1. The van der Waals surface area contributed by atoms with Gasteiger partial charge in [0.2, 0.25) is 0 Å². The van der Waals surface area contributed by atoms with Crippen molar-refractivity contribution in [1.82, 2.24) is 4.47 Å². The van der Waals surface area contributed by atoms with E-state index in [1.165, 1.54) is 32.4 Å². The zero-order chi connectivity index (χ0) is 19.1. The molecule has 2 aromatic rings. The molecule has 0 aromatic heterocycles. The molecular weight excluding hydrogens is 376 g/mol. The summed E-state index contributed by atoms with van der Waals surface area (Å²) in [5, 5.41) is 0.0281. The molecule has 0 spiro atoms. The van der Waals surface area contributed by atoms with E-state index in [2.05, 4.69) is 0 Å². The molecule has 3 rings (SSSR count). The highest BCUT2D eigenvalue weighted by atomic mass is 35.5. The van der Waals surface area contributed by atoms with Crippen LogP contribution >= 0.6 is 11.6 Å². The summed E-state index contributed by atoms with van der Waals surface area (Å²) in [6.45, 7) is 1.96. The summed E-state index contributed by atoms with van der Waals surface area (Å²) in [4.78, 5) is 19.4. The lowest BCUT2D eigenvalue weighted by Gasteiger charge is -2.23. The van der Waals surface area contributed by atoms with Crippen LogP contribution in [0.4, 0.5) is 5.69 Å². The van der Waals surface area contributed by atoms with Crippen LogP contribution in [0.1, 0.15) is 22.8 Å². The minimum Gasteiger partial charge on any atom is -0.305 e. The summed E-state index contributed by atoms with van der Waals surface area (Å²) in [6, 6.07) is 11.9. The van der Waals surface area contributed by atoms with Crippen LogP contribution < -0.4 is 4.90 Å². The Bertz CT molecular complexity index is 961. The molecule has 2 aromatic carbocycles. The van der Waals surface area contributed by atoms with Gasteiger partial charge in [-0.3, -0.25) is 9.63 Å².